The van der Waals surface area contributed by atoms with E-state index < -0.39 is 0 Å². The average molecular weight is 127 g/mol. The number of nitrogens with zero attached hydrogens (tertiary/aromatic N) is 1. The fraction of sp³-hybridized carbons (Fsp3) is 0.714. The molecule has 1 rings (SSSR count). The van der Waals surface area contributed by atoms with E-state index in [1.54, 1.807) is 0 Å². The van der Waals surface area contributed by atoms with E-state index in [1.807, 2.05) is 6.08 Å². The van der Waals surface area contributed by atoms with Crippen LogP contribution in [0.2, 0.25) is 0 Å². The van der Waals surface area contributed by atoms with Crippen molar-refractivity contribution in [2.24, 2.45) is 0 Å². The molecule has 0 bridgehead atoms. The number of likely N-dealkylation sites (N-methyl/N-ethyl adjacent to an activating group) is 1. The third-order valence-electron chi connectivity index (χ3n) is 1.56. The minimum atomic E-state index is 0.253. The van der Waals surface area contributed by atoms with Crippen molar-refractivity contribution in [3.05, 3.63) is 12.7 Å². The lowest BCUT2D eigenvalue weighted by molar-refractivity contribution is 0.00716. The van der Waals surface area contributed by atoms with Crippen molar-refractivity contribution in [2.45, 2.75) is 6.10 Å². The highest BCUT2D eigenvalue weighted by atomic mass is 16.5. The molecule has 0 saturated carbocycles. The Labute approximate surface area is 56.1 Å². The maximum atomic E-state index is 5.34. The highest BCUT2D eigenvalue weighted by molar-refractivity contribution is 4.84. The van der Waals surface area contributed by atoms with Crippen LogP contribution in [0.25, 0.3) is 0 Å². The first-order valence-electron chi connectivity index (χ1n) is 3.25. The molecule has 1 fully saturated rings. The Kier molecular flexibility index (Phi) is 2.25. The quantitative estimate of drug-likeness (QED) is 0.476. The second-order valence-electron chi connectivity index (χ2n) is 2.41. The molecule has 1 saturated heterocycles. The third kappa shape index (κ3) is 1.80. The highest BCUT2D eigenvalue weighted by Gasteiger charge is 2.13. The first-order chi connectivity index (χ1) is 4.33. The van der Waals surface area contributed by atoms with Gasteiger partial charge in [0.25, 0.3) is 0 Å². The standard InChI is InChI=1S/C7H13NO/c1-3-7-6-8(2)4-5-9-7/h3,7H,1,4-6H2,2H3. The Morgan fingerprint density at radius 1 is 1.78 bits per heavy atom. The fourth-order valence-corrected chi connectivity index (χ4v) is 0.954. The summed E-state index contributed by atoms with van der Waals surface area (Å²) < 4.78 is 5.34. The van der Waals surface area contributed by atoms with Crippen molar-refractivity contribution < 1.29 is 4.74 Å². The van der Waals surface area contributed by atoms with Crippen LogP contribution in [0.5, 0.6) is 0 Å². The third-order valence-corrected chi connectivity index (χ3v) is 1.56. The summed E-state index contributed by atoms with van der Waals surface area (Å²) in [5, 5.41) is 0. The zero-order valence-electron chi connectivity index (χ0n) is 5.84. The number of hydrogen-bond donors (Lipinski definition) is 0. The van der Waals surface area contributed by atoms with Gasteiger partial charge < -0.3 is 9.64 Å². The maximum Gasteiger partial charge on any atom is 0.0880 e. The van der Waals surface area contributed by atoms with E-state index in [9.17, 15) is 0 Å². The highest BCUT2D eigenvalue weighted by Crippen LogP contribution is 2.02. The lowest BCUT2D eigenvalue weighted by Gasteiger charge is -2.27. The van der Waals surface area contributed by atoms with Gasteiger partial charge in [0.05, 0.1) is 12.7 Å². The van der Waals surface area contributed by atoms with Gasteiger partial charge in [-0.3, -0.25) is 0 Å². The molecule has 9 heavy (non-hydrogen) atoms. The Bertz CT molecular complexity index is 103. The van der Waals surface area contributed by atoms with Crippen molar-refractivity contribution in [1.29, 1.82) is 0 Å². The molecule has 1 heterocycles. The summed E-state index contributed by atoms with van der Waals surface area (Å²) in [5.41, 5.74) is 0. The van der Waals surface area contributed by atoms with Crippen LogP contribution < -0.4 is 0 Å². The second-order valence-corrected chi connectivity index (χ2v) is 2.41. The zero-order valence-corrected chi connectivity index (χ0v) is 5.84. The van der Waals surface area contributed by atoms with Crippen LogP contribution in [-0.2, 0) is 4.74 Å². The van der Waals surface area contributed by atoms with Gasteiger partial charge in [-0.15, -0.1) is 6.58 Å². The molecule has 1 aliphatic rings. The molecule has 2 nitrogen and oxygen atoms in total. The smallest absolute Gasteiger partial charge is 0.0880 e. The largest absolute Gasteiger partial charge is 0.371 e. The average Bonchev–Trinajstić information content (AvgIpc) is 1.88. The van der Waals surface area contributed by atoms with Gasteiger partial charge in [0, 0.05) is 13.1 Å². The molecule has 1 atom stereocenters. The van der Waals surface area contributed by atoms with Crippen molar-refractivity contribution in [2.75, 3.05) is 26.7 Å². The molecule has 1 aliphatic heterocycles. The van der Waals surface area contributed by atoms with Crippen LogP contribution in [0.3, 0.4) is 0 Å². The SMILES string of the molecule is C=CC1CN(C)CCO1. The van der Waals surface area contributed by atoms with E-state index >= 15 is 0 Å². The van der Waals surface area contributed by atoms with E-state index in [4.69, 9.17) is 4.74 Å². The zero-order chi connectivity index (χ0) is 6.69. The van der Waals surface area contributed by atoms with Crippen LogP contribution >= 0.6 is 0 Å². The molecule has 0 radical (unpaired) electrons. The lowest BCUT2D eigenvalue weighted by atomic mass is 10.3. The normalized spacial score (nSPS) is 30.1. The molecule has 0 aromatic carbocycles. The molecular formula is C7H13NO. The molecule has 0 spiro atoms. The number of morpholine rings is 1. The van der Waals surface area contributed by atoms with Crippen molar-refractivity contribution in [1.82, 2.24) is 4.90 Å². The number of rotatable bonds is 1. The Morgan fingerprint density at radius 3 is 3.00 bits per heavy atom. The van der Waals surface area contributed by atoms with E-state index in [0.717, 1.165) is 19.7 Å². The number of ether oxygens (including phenoxy) is 1. The minimum Gasteiger partial charge on any atom is -0.371 e. The van der Waals surface area contributed by atoms with Crippen LogP contribution in [0, 0.1) is 0 Å². The predicted molar refractivity (Wildman–Crippen MR) is 37.4 cm³/mol. The van der Waals surface area contributed by atoms with E-state index in [2.05, 4.69) is 18.5 Å². The van der Waals surface area contributed by atoms with Crippen LogP contribution in [0.4, 0.5) is 0 Å². The summed E-state index contributed by atoms with van der Waals surface area (Å²) >= 11 is 0. The van der Waals surface area contributed by atoms with Crippen molar-refractivity contribution in [3.8, 4) is 0 Å². The predicted octanol–water partition coefficient (Wildman–Crippen LogP) is 0.503. The van der Waals surface area contributed by atoms with E-state index in [-0.39, 0.29) is 6.10 Å². The van der Waals surface area contributed by atoms with Gasteiger partial charge in [0.2, 0.25) is 0 Å². The van der Waals surface area contributed by atoms with Crippen molar-refractivity contribution in [3.63, 3.8) is 0 Å². The van der Waals surface area contributed by atoms with Gasteiger partial charge in [0.15, 0.2) is 0 Å². The lowest BCUT2D eigenvalue weighted by Crippen LogP contribution is -2.38. The summed E-state index contributed by atoms with van der Waals surface area (Å²) in [6.45, 7) is 6.54. The first kappa shape index (κ1) is 6.78. The van der Waals surface area contributed by atoms with Gasteiger partial charge in [-0.25, -0.2) is 0 Å². The van der Waals surface area contributed by atoms with Crippen LogP contribution in [-0.4, -0.2) is 37.7 Å². The van der Waals surface area contributed by atoms with Gasteiger partial charge >= 0.3 is 0 Å². The molecule has 0 aromatic rings. The molecular weight excluding hydrogens is 114 g/mol. The Morgan fingerprint density at radius 2 is 2.56 bits per heavy atom. The second kappa shape index (κ2) is 2.99. The molecule has 0 N–H and O–H groups in total. The summed E-state index contributed by atoms with van der Waals surface area (Å²) in [5.74, 6) is 0. The number of hydrogen-bond acceptors (Lipinski definition) is 2. The van der Waals surface area contributed by atoms with Crippen molar-refractivity contribution >= 4 is 0 Å². The summed E-state index contributed by atoms with van der Waals surface area (Å²) in [7, 11) is 2.10. The van der Waals surface area contributed by atoms with E-state index in [0.29, 0.717) is 0 Å². The molecule has 0 aliphatic carbocycles. The summed E-state index contributed by atoms with van der Waals surface area (Å²) in [4.78, 5) is 2.25. The van der Waals surface area contributed by atoms with Gasteiger partial charge in [-0.05, 0) is 7.05 Å². The first-order valence-corrected chi connectivity index (χ1v) is 3.25. The van der Waals surface area contributed by atoms with E-state index in [1.165, 1.54) is 0 Å². The summed E-state index contributed by atoms with van der Waals surface area (Å²) in [6.07, 6.45) is 2.11. The maximum absolute atomic E-state index is 5.34. The van der Waals surface area contributed by atoms with Gasteiger partial charge in [-0.2, -0.15) is 0 Å². The fourth-order valence-electron chi connectivity index (χ4n) is 0.954. The summed E-state index contributed by atoms with van der Waals surface area (Å²) in [6, 6.07) is 0. The van der Waals surface area contributed by atoms with Gasteiger partial charge in [0.1, 0.15) is 0 Å². The van der Waals surface area contributed by atoms with Crippen LogP contribution in [0.1, 0.15) is 0 Å². The Balaban J connectivity index is 2.31. The molecule has 52 valence electrons. The monoisotopic (exact) mass is 127 g/mol. The molecule has 0 aromatic heterocycles. The molecule has 1 unspecified atom stereocenters. The molecule has 2 heteroatoms. The topological polar surface area (TPSA) is 12.5 Å². The minimum absolute atomic E-state index is 0.253. The molecule has 0 amide bonds. The van der Waals surface area contributed by atoms with Gasteiger partial charge in [-0.1, -0.05) is 6.08 Å². The Hall–Kier alpha value is -0.340. The van der Waals surface area contributed by atoms with Crippen LogP contribution in [0.15, 0.2) is 12.7 Å².